The van der Waals surface area contributed by atoms with E-state index in [4.69, 9.17) is 9.47 Å². The predicted molar refractivity (Wildman–Crippen MR) is 109 cm³/mol. The minimum Gasteiger partial charge on any atom is -0.379 e. The number of morpholine rings is 2. The Morgan fingerprint density at radius 3 is 1.79 bits per heavy atom. The monoisotopic (exact) mass is 380 g/mol. The van der Waals surface area contributed by atoms with E-state index in [1.54, 1.807) is 0 Å². The fourth-order valence-corrected chi connectivity index (χ4v) is 4.24. The van der Waals surface area contributed by atoms with Crippen LogP contribution in [0.15, 0.2) is 60.7 Å². The normalized spacial score (nSPS) is 21.1. The fraction of sp³-hybridized carbons (Fsp3) is 0.435. The predicted octanol–water partition coefficient (Wildman–Crippen LogP) is 2.64. The van der Waals surface area contributed by atoms with Crippen LogP contribution in [0, 0.1) is 0 Å². The van der Waals surface area contributed by atoms with Crippen LogP contribution < -0.4 is 0 Å². The summed E-state index contributed by atoms with van der Waals surface area (Å²) in [5.74, 6) is 0.183. The first kappa shape index (κ1) is 19.3. The van der Waals surface area contributed by atoms with Crippen LogP contribution in [0.5, 0.6) is 0 Å². The number of nitrogens with zero attached hydrogens (tertiary/aromatic N) is 2. The Morgan fingerprint density at radius 2 is 1.21 bits per heavy atom. The lowest BCUT2D eigenvalue weighted by Crippen LogP contribution is -2.55. The lowest BCUT2D eigenvalue weighted by molar-refractivity contribution is -0.0301. The number of benzene rings is 2. The fourth-order valence-electron chi connectivity index (χ4n) is 4.24. The van der Waals surface area contributed by atoms with Gasteiger partial charge in [-0.25, -0.2) is 0 Å². The quantitative estimate of drug-likeness (QED) is 0.721. The van der Waals surface area contributed by atoms with Crippen molar-refractivity contribution in [2.45, 2.75) is 12.1 Å². The molecule has 0 aromatic heterocycles. The Hall–Kier alpha value is -2.05. The summed E-state index contributed by atoms with van der Waals surface area (Å²) < 4.78 is 11.2. The third kappa shape index (κ3) is 4.33. The van der Waals surface area contributed by atoms with Gasteiger partial charge in [0.25, 0.3) is 0 Å². The van der Waals surface area contributed by atoms with Crippen LogP contribution in [0.4, 0.5) is 0 Å². The summed E-state index contributed by atoms with van der Waals surface area (Å²) in [5.41, 5.74) is 1.96. The van der Waals surface area contributed by atoms with Crippen LogP contribution >= 0.6 is 0 Å². The summed E-state index contributed by atoms with van der Waals surface area (Å²) in [6.07, 6.45) is 0. The van der Waals surface area contributed by atoms with Crippen LogP contribution in [0.1, 0.15) is 22.0 Å². The minimum atomic E-state index is -0.244. The van der Waals surface area contributed by atoms with Gasteiger partial charge in [0.15, 0.2) is 5.78 Å². The Bertz CT molecular complexity index is 741. The molecule has 2 aromatic carbocycles. The molecule has 2 aliphatic heterocycles. The first-order valence-electron chi connectivity index (χ1n) is 10.1. The topological polar surface area (TPSA) is 42.0 Å². The van der Waals surface area contributed by atoms with E-state index >= 15 is 0 Å². The second-order valence-corrected chi connectivity index (χ2v) is 7.33. The minimum absolute atomic E-state index is 0.00379. The van der Waals surface area contributed by atoms with Crippen LogP contribution in [0.2, 0.25) is 0 Å². The van der Waals surface area contributed by atoms with Crippen molar-refractivity contribution in [1.82, 2.24) is 9.80 Å². The summed E-state index contributed by atoms with van der Waals surface area (Å²) in [5, 5.41) is 0. The van der Waals surface area contributed by atoms with Crippen LogP contribution in [0.25, 0.3) is 0 Å². The number of carbonyl (C=O) groups is 1. The molecule has 2 fully saturated rings. The van der Waals surface area contributed by atoms with Crippen molar-refractivity contribution < 1.29 is 14.3 Å². The molecule has 148 valence electrons. The number of Topliss-reactive ketones (excluding diaryl/α,β-unsaturated/α-hetero) is 1. The molecule has 0 N–H and O–H groups in total. The van der Waals surface area contributed by atoms with Crippen LogP contribution in [-0.2, 0) is 9.47 Å². The van der Waals surface area contributed by atoms with Gasteiger partial charge in [0.05, 0.1) is 38.5 Å². The summed E-state index contributed by atoms with van der Waals surface area (Å²) in [4.78, 5) is 18.5. The third-order valence-corrected chi connectivity index (χ3v) is 5.65. The van der Waals surface area contributed by atoms with Crippen molar-refractivity contribution in [3.8, 4) is 0 Å². The Balaban J connectivity index is 1.74. The molecule has 0 spiro atoms. The highest BCUT2D eigenvalue weighted by Gasteiger charge is 2.39. The van der Waals surface area contributed by atoms with Crippen molar-refractivity contribution in [3.05, 3.63) is 71.8 Å². The number of ketones is 1. The maximum Gasteiger partial charge on any atom is 0.181 e. The smallest absolute Gasteiger partial charge is 0.181 e. The highest BCUT2D eigenvalue weighted by Crippen LogP contribution is 2.31. The summed E-state index contributed by atoms with van der Waals surface area (Å²) in [6.45, 7) is 5.97. The van der Waals surface area contributed by atoms with E-state index < -0.39 is 0 Å². The van der Waals surface area contributed by atoms with E-state index in [9.17, 15) is 4.79 Å². The van der Waals surface area contributed by atoms with Gasteiger partial charge in [-0.05, 0) is 5.56 Å². The number of rotatable bonds is 6. The van der Waals surface area contributed by atoms with Gasteiger partial charge in [-0.15, -0.1) is 0 Å². The Morgan fingerprint density at radius 1 is 0.714 bits per heavy atom. The maximum absolute atomic E-state index is 13.8. The van der Waals surface area contributed by atoms with Crippen molar-refractivity contribution in [3.63, 3.8) is 0 Å². The average Bonchev–Trinajstić information content (AvgIpc) is 2.79. The second-order valence-electron chi connectivity index (χ2n) is 7.33. The largest absolute Gasteiger partial charge is 0.379 e. The molecule has 2 heterocycles. The summed E-state index contributed by atoms with van der Waals surface area (Å²) in [7, 11) is 0. The molecule has 2 saturated heterocycles. The van der Waals surface area contributed by atoms with Gasteiger partial charge in [-0.3, -0.25) is 14.6 Å². The van der Waals surface area contributed by atoms with Crippen molar-refractivity contribution in [2.75, 3.05) is 52.6 Å². The van der Waals surface area contributed by atoms with Gasteiger partial charge in [0.2, 0.25) is 0 Å². The molecule has 28 heavy (non-hydrogen) atoms. The molecule has 0 radical (unpaired) electrons. The zero-order valence-electron chi connectivity index (χ0n) is 16.2. The molecule has 2 atom stereocenters. The molecule has 5 heteroatoms. The first-order valence-corrected chi connectivity index (χ1v) is 10.1. The van der Waals surface area contributed by atoms with Gasteiger partial charge in [-0.1, -0.05) is 60.7 Å². The number of hydrogen-bond acceptors (Lipinski definition) is 5. The molecule has 0 aliphatic carbocycles. The molecule has 4 rings (SSSR count). The maximum atomic E-state index is 13.8. The molecule has 5 nitrogen and oxygen atoms in total. The van der Waals surface area contributed by atoms with Gasteiger partial charge in [0.1, 0.15) is 0 Å². The number of carbonyl (C=O) groups excluding carboxylic acids is 1. The highest BCUT2D eigenvalue weighted by atomic mass is 16.5. The SMILES string of the molecule is O=C(c1ccccc1)[C@@H]([C@@H](c1ccccc1)N1CCOCC1)N1CCOCC1. The molecule has 0 saturated carbocycles. The average molecular weight is 380 g/mol. The summed E-state index contributed by atoms with van der Waals surface area (Å²) in [6, 6.07) is 19.9. The lowest BCUT2D eigenvalue weighted by Gasteiger charge is -2.44. The van der Waals surface area contributed by atoms with Crippen LogP contribution in [0.3, 0.4) is 0 Å². The van der Waals surface area contributed by atoms with E-state index in [1.807, 2.05) is 36.4 Å². The number of ether oxygens (including phenoxy) is 2. The zero-order chi connectivity index (χ0) is 19.2. The number of hydrogen-bond donors (Lipinski definition) is 0. The van der Waals surface area contributed by atoms with Crippen LogP contribution in [-0.4, -0.2) is 74.2 Å². The highest BCUT2D eigenvalue weighted by molar-refractivity contribution is 6.00. The first-order chi connectivity index (χ1) is 13.8. The van der Waals surface area contributed by atoms with E-state index in [-0.39, 0.29) is 17.9 Å². The van der Waals surface area contributed by atoms with Gasteiger partial charge >= 0.3 is 0 Å². The lowest BCUT2D eigenvalue weighted by atomic mass is 9.89. The molecule has 2 aromatic rings. The molecular weight excluding hydrogens is 352 g/mol. The standard InChI is InChI=1S/C23H28N2O3/c26-23(20-9-5-2-6-10-20)22(25-13-17-28-18-14-25)21(19-7-3-1-4-8-19)24-11-15-27-16-12-24/h1-10,21-22H,11-18H2/t21-,22-/m1/s1. The van der Waals surface area contributed by atoms with E-state index in [0.29, 0.717) is 26.4 Å². The molecule has 0 amide bonds. The zero-order valence-corrected chi connectivity index (χ0v) is 16.2. The van der Waals surface area contributed by atoms with E-state index in [1.165, 1.54) is 5.56 Å². The molecule has 0 unspecified atom stereocenters. The molecule has 0 bridgehead atoms. The summed E-state index contributed by atoms with van der Waals surface area (Å²) >= 11 is 0. The second kappa shape index (κ2) is 9.43. The van der Waals surface area contributed by atoms with Gasteiger partial charge in [0, 0.05) is 31.7 Å². The van der Waals surface area contributed by atoms with Gasteiger partial charge in [-0.2, -0.15) is 0 Å². The van der Waals surface area contributed by atoms with Gasteiger partial charge < -0.3 is 9.47 Å². The van der Waals surface area contributed by atoms with Crippen molar-refractivity contribution in [1.29, 1.82) is 0 Å². The molecule has 2 aliphatic rings. The Labute approximate surface area is 166 Å². The van der Waals surface area contributed by atoms with E-state index in [0.717, 1.165) is 31.7 Å². The van der Waals surface area contributed by atoms with Crippen molar-refractivity contribution >= 4 is 5.78 Å². The van der Waals surface area contributed by atoms with E-state index in [2.05, 4.69) is 34.1 Å². The third-order valence-electron chi connectivity index (χ3n) is 5.65. The Kier molecular flexibility index (Phi) is 6.49. The molecular formula is C23H28N2O3. The van der Waals surface area contributed by atoms with Crippen molar-refractivity contribution in [2.24, 2.45) is 0 Å².